The lowest BCUT2D eigenvalue weighted by Gasteiger charge is -1.96. The van der Waals surface area contributed by atoms with Gasteiger partial charge in [-0.05, 0) is 14.6 Å². The Morgan fingerprint density at radius 2 is 2.41 bits per heavy atom. The highest BCUT2D eigenvalue weighted by Gasteiger charge is 2.11. The van der Waals surface area contributed by atoms with Crippen LogP contribution in [0.15, 0.2) is 18.6 Å². The summed E-state index contributed by atoms with van der Waals surface area (Å²) in [6.45, 7) is 0. The summed E-state index contributed by atoms with van der Waals surface area (Å²) in [6.07, 6.45) is 3.10. The van der Waals surface area contributed by atoms with Gasteiger partial charge in [0.1, 0.15) is 12.0 Å². The largest absolute Gasteiger partial charge is 0.481 e. The van der Waals surface area contributed by atoms with Crippen molar-refractivity contribution in [1.29, 1.82) is 0 Å². The summed E-state index contributed by atoms with van der Waals surface area (Å²) in [6, 6.07) is 1.73. The smallest absolute Gasteiger partial charge is 0.307 e. The molecule has 1 atom stereocenters. The first-order valence-corrected chi connectivity index (χ1v) is 6.00. The van der Waals surface area contributed by atoms with Crippen molar-refractivity contribution in [2.45, 2.75) is 0 Å². The predicted octanol–water partition coefficient (Wildman–Crippen LogP) is -0.340. The summed E-state index contributed by atoms with van der Waals surface area (Å²) in [5.74, 6) is -0.236. The summed E-state index contributed by atoms with van der Waals surface area (Å²) in [5.41, 5.74) is 1.20. The van der Waals surface area contributed by atoms with Crippen LogP contribution < -0.4 is 5.57 Å². The van der Waals surface area contributed by atoms with Gasteiger partial charge in [0, 0.05) is 13.2 Å². The molecule has 0 saturated carbocycles. The summed E-state index contributed by atoms with van der Waals surface area (Å²) in [5, 5.41) is 12.7. The Balaban J connectivity index is 2.22. The van der Waals surface area contributed by atoms with Crippen LogP contribution in [0.1, 0.15) is 0 Å². The standard InChI is InChI=1S/C9H10N5O2P/c1-14-8(6-2-3-10-5-11-6)12-9(13-14)17-4-7(15)16/h2-3,5,17H,4H2,1H3,(H,15,16). The van der Waals surface area contributed by atoms with E-state index in [1.54, 1.807) is 24.0 Å². The molecule has 1 unspecified atom stereocenters. The van der Waals surface area contributed by atoms with E-state index in [1.807, 2.05) is 0 Å². The van der Waals surface area contributed by atoms with Gasteiger partial charge in [0.2, 0.25) is 0 Å². The number of carboxylic acids is 1. The molecule has 2 aromatic heterocycles. The molecule has 1 N–H and O–H groups in total. The third-order valence-corrected chi connectivity index (χ3v) is 2.98. The Kier molecular flexibility index (Phi) is 3.39. The summed E-state index contributed by atoms with van der Waals surface area (Å²) < 4.78 is 1.59. The van der Waals surface area contributed by atoms with Crippen molar-refractivity contribution in [3.63, 3.8) is 0 Å². The zero-order valence-electron chi connectivity index (χ0n) is 9.03. The van der Waals surface area contributed by atoms with E-state index in [0.29, 0.717) is 17.1 Å². The summed E-state index contributed by atoms with van der Waals surface area (Å²) in [7, 11) is 1.81. The Morgan fingerprint density at radius 3 is 3.06 bits per heavy atom. The minimum atomic E-state index is -0.848. The molecule has 2 heterocycles. The van der Waals surface area contributed by atoms with Gasteiger partial charge in [-0.3, -0.25) is 4.79 Å². The zero-order chi connectivity index (χ0) is 12.3. The van der Waals surface area contributed by atoms with Gasteiger partial charge in [0.25, 0.3) is 0 Å². The number of rotatable bonds is 4. The van der Waals surface area contributed by atoms with Crippen molar-refractivity contribution in [2.24, 2.45) is 7.05 Å². The van der Waals surface area contributed by atoms with Crippen LogP contribution in [0.25, 0.3) is 11.5 Å². The third kappa shape index (κ3) is 2.82. The molecule has 0 radical (unpaired) electrons. The van der Waals surface area contributed by atoms with E-state index in [9.17, 15) is 4.79 Å². The Hall–Kier alpha value is -1.88. The normalized spacial score (nSPS) is 11.1. The van der Waals surface area contributed by atoms with Crippen molar-refractivity contribution < 1.29 is 9.90 Å². The van der Waals surface area contributed by atoms with E-state index in [2.05, 4.69) is 20.1 Å². The van der Waals surface area contributed by atoms with Gasteiger partial charge < -0.3 is 5.11 Å². The van der Waals surface area contributed by atoms with Gasteiger partial charge >= 0.3 is 5.97 Å². The molecule has 17 heavy (non-hydrogen) atoms. The SMILES string of the molecule is Cn1nc(PCC(=O)O)nc1-c1ccncn1. The van der Waals surface area contributed by atoms with E-state index in [1.165, 1.54) is 6.33 Å². The van der Waals surface area contributed by atoms with Crippen molar-refractivity contribution in [3.05, 3.63) is 18.6 Å². The first-order valence-electron chi connectivity index (χ1n) is 4.80. The summed E-state index contributed by atoms with van der Waals surface area (Å²) in [4.78, 5) is 22.6. The lowest BCUT2D eigenvalue weighted by molar-refractivity contribution is -0.133. The van der Waals surface area contributed by atoms with Crippen LogP contribution in [0.2, 0.25) is 0 Å². The van der Waals surface area contributed by atoms with Gasteiger partial charge in [0.05, 0.1) is 6.16 Å². The second-order valence-electron chi connectivity index (χ2n) is 3.22. The maximum Gasteiger partial charge on any atom is 0.307 e. The van der Waals surface area contributed by atoms with Crippen LogP contribution in [0, 0.1) is 0 Å². The fraction of sp³-hybridized carbons (Fsp3) is 0.222. The number of hydrogen-bond donors (Lipinski definition) is 1. The fourth-order valence-electron chi connectivity index (χ4n) is 1.26. The van der Waals surface area contributed by atoms with Gasteiger partial charge in [-0.25, -0.2) is 19.6 Å². The van der Waals surface area contributed by atoms with E-state index in [4.69, 9.17) is 5.11 Å². The Bertz CT molecular complexity index is 527. The second kappa shape index (κ2) is 4.97. The molecule has 0 aliphatic heterocycles. The van der Waals surface area contributed by atoms with E-state index in [0.717, 1.165) is 0 Å². The van der Waals surface area contributed by atoms with Crippen molar-refractivity contribution >= 4 is 20.1 Å². The molecule has 2 rings (SSSR count). The number of carboxylic acid groups (broad SMARTS) is 1. The average Bonchev–Trinajstić information content (AvgIpc) is 2.69. The zero-order valence-corrected chi connectivity index (χ0v) is 10.0. The van der Waals surface area contributed by atoms with Crippen LogP contribution in [-0.2, 0) is 11.8 Å². The monoisotopic (exact) mass is 251 g/mol. The molecule has 0 amide bonds. The second-order valence-corrected chi connectivity index (χ2v) is 4.38. The van der Waals surface area contributed by atoms with Crippen LogP contribution in [0.5, 0.6) is 0 Å². The maximum atomic E-state index is 10.5. The number of nitrogens with zero attached hydrogens (tertiary/aromatic N) is 5. The van der Waals surface area contributed by atoms with Gasteiger partial charge in [0.15, 0.2) is 11.4 Å². The van der Waals surface area contributed by atoms with Gasteiger partial charge in [-0.2, -0.15) is 5.10 Å². The molecule has 0 spiro atoms. The molecule has 0 saturated heterocycles. The first-order chi connectivity index (χ1) is 8.16. The highest BCUT2D eigenvalue weighted by atomic mass is 31.1. The molecular formula is C9H10N5O2P. The molecule has 0 aliphatic rings. The van der Waals surface area contributed by atoms with Crippen LogP contribution >= 0.6 is 8.58 Å². The van der Waals surface area contributed by atoms with Gasteiger partial charge in [-0.15, -0.1) is 0 Å². The lowest BCUT2D eigenvalue weighted by atomic mass is 10.4. The lowest BCUT2D eigenvalue weighted by Crippen LogP contribution is -2.07. The van der Waals surface area contributed by atoms with E-state index >= 15 is 0 Å². The molecule has 88 valence electrons. The Labute approximate surface area is 98.7 Å². The molecule has 0 bridgehead atoms. The molecule has 0 aromatic carbocycles. The molecule has 7 nitrogen and oxygen atoms in total. The van der Waals surface area contributed by atoms with Crippen molar-refractivity contribution in [3.8, 4) is 11.5 Å². The van der Waals surface area contributed by atoms with Crippen molar-refractivity contribution in [1.82, 2.24) is 24.7 Å². The topological polar surface area (TPSA) is 93.8 Å². The molecular weight excluding hydrogens is 241 g/mol. The quantitative estimate of drug-likeness (QED) is 0.747. The maximum absolute atomic E-state index is 10.5. The average molecular weight is 251 g/mol. The van der Waals surface area contributed by atoms with Crippen LogP contribution in [-0.4, -0.2) is 42.0 Å². The number of aromatic nitrogens is 5. The van der Waals surface area contributed by atoms with Crippen LogP contribution in [0.3, 0.4) is 0 Å². The molecule has 2 aromatic rings. The van der Waals surface area contributed by atoms with Gasteiger partial charge in [-0.1, -0.05) is 0 Å². The molecule has 0 aliphatic carbocycles. The number of hydrogen-bond acceptors (Lipinski definition) is 5. The number of aryl methyl sites for hydroxylation is 1. The third-order valence-electron chi connectivity index (χ3n) is 1.97. The molecule has 0 fully saturated rings. The summed E-state index contributed by atoms with van der Waals surface area (Å²) >= 11 is 0. The minimum absolute atomic E-state index is 0.0488. The number of carbonyl (C=O) groups is 1. The molecule has 8 heteroatoms. The predicted molar refractivity (Wildman–Crippen MR) is 62.5 cm³/mol. The number of aliphatic carboxylic acids is 1. The first kappa shape index (κ1) is 11.6. The minimum Gasteiger partial charge on any atom is -0.481 e. The highest BCUT2D eigenvalue weighted by Crippen LogP contribution is 2.13. The van der Waals surface area contributed by atoms with Crippen molar-refractivity contribution in [2.75, 3.05) is 6.16 Å². The Morgan fingerprint density at radius 1 is 1.59 bits per heavy atom. The van der Waals surface area contributed by atoms with E-state index < -0.39 is 5.97 Å². The highest BCUT2D eigenvalue weighted by molar-refractivity contribution is 7.47. The fourth-order valence-corrected chi connectivity index (χ4v) is 1.98. The van der Waals surface area contributed by atoms with E-state index in [-0.39, 0.29) is 14.7 Å². The van der Waals surface area contributed by atoms with Crippen LogP contribution in [0.4, 0.5) is 0 Å².